The van der Waals surface area contributed by atoms with Gasteiger partial charge >= 0.3 is 0 Å². The van der Waals surface area contributed by atoms with Gasteiger partial charge in [-0.2, -0.15) is 0 Å². The maximum atomic E-state index is 2.32. The first kappa shape index (κ1) is 17.6. The summed E-state index contributed by atoms with van der Waals surface area (Å²) in [6.45, 7) is 0.366. The summed E-state index contributed by atoms with van der Waals surface area (Å²) in [5.41, 5.74) is 1.31. The average Bonchev–Trinajstić information content (AvgIpc) is 2.77. The van der Waals surface area contributed by atoms with Gasteiger partial charge in [0.2, 0.25) is 0 Å². The van der Waals surface area contributed by atoms with Gasteiger partial charge in [0.05, 0.1) is 0 Å². The minimum atomic E-state index is -1.95. The van der Waals surface area contributed by atoms with Crippen LogP contribution in [-0.2, 0) is 0 Å². The van der Waals surface area contributed by atoms with E-state index in [1.807, 2.05) is 0 Å². The molecule has 0 saturated carbocycles. The molecule has 0 radical (unpaired) electrons. The minimum absolute atomic E-state index is 1.31. The normalized spacial score (nSPS) is 11.1. The fourth-order valence-electron chi connectivity index (χ4n) is 3.86. The van der Waals surface area contributed by atoms with E-state index in [0.29, 0.717) is 0 Å². The van der Waals surface area contributed by atoms with Gasteiger partial charge < -0.3 is 0 Å². The fraction of sp³-hybridized carbons (Fsp3) is 0.0385. The van der Waals surface area contributed by atoms with Crippen LogP contribution in [0.25, 0.3) is 0 Å². The Morgan fingerprint density at radius 3 is 1.07 bits per heavy atom. The van der Waals surface area contributed by atoms with Crippen molar-refractivity contribution < 1.29 is 0 Å². The first-order chi connectivity index (χ1) is 13.3. The molecule has 0 bridgehead atoms. The van der Waals surface area contributed by atoms with E-state index in [1.165, 1.54) is 26.8 Å². The zero-order chi connectivity index (χ0) is 18.5. The Balaban J connectivity index is 2.21. The summed E-state index contributed by atoms with van der Waals surface area (Å²) < 4.78 is 0. The maximum absolute atomic E-state index is 2.32. The predicted octanol–water partition coefficient (Wildman–Crippen LogP) is 5.22. The minimum Gasteiger partial charge on any atom is -0.0622 e. The van der Waals surface area contributed by atoms with E-state index in [0.717, 1.165) is 0 Å². The van der Waals surface area contributed by atoms with E-state index < -0.39 is 6.89 Å². The predicted molar refractivity (Wildman–Crippen MR) is 121 cm³/mol. The number of benzene rings is 4. The summed E-state index contributed by atoms with van der Waals surface area (Å²) in [4.78, 5) is 0. The molecular formula is C26H23P. The molecule has 0 unspecified atom stereocenters. The van der Waals surface area contributed by atoms with Gasteiger partial charge in [-0.1, -0.05) is 121 Å². The zero-order valence-electron chi connectivity index (χ0n) is 15.5. The van der Waals surface area contributed by atoms with E-state index in [9.17, 15) is 0 Å². The molecule has 0 saturated heterocycles. The number of rotatable bonds is 4. The Bertz CT molecular complexity index is 947. The molecule has 4 aromatic rings. The topological polar surface area (TPSA) is 0 Å². The maximum Gasteiger partial charge on any atom is -0.0158 e. The second-order valence-electron chi connectivity index (χ2n) is 6.63. The Hall–Kier alpha value is -2.82. The SMILES string of the molecule is CC(c1ccccc1)=P(c1ccccc1)(c1ccccc1)c1ccccc1. The van der Waals surface area contributed by atoms with Crippen LogP contribution in [0.15, 0.2) is 121 Å². The molecule has 0 N–H and O–H groups in total. The highest BCUT2D eigenvalue weighted by molar-refractivity contribution is 7.95. The van der Waals surface area contributed by atoms with Crippen LogP contribution in [0.5, 0.6) is 0 Å². The molecule has 27 heavy (non-hydrogen) atoms. The monoisotopic (exact) mass is 366 g/mol. The van der Waals surface area contributed by atoms with Gasteiger partial charge in [-0.25, -0.2) is 0 Å². The Morgan fingerprint density at radius 1 is 0.444 bits per heavy atom. The van der Waals surface area contributed by atoms with E-state index in [2.05, 4.69) is 128 Å². The number of hydrogen-bond acceptors (Lipinski definition) is 0. The van der Waals surface area contributed by atoms with Gasteiger partial charge in [-0.15, -0.1) is 0 Å². The number of hydrogen-bond donors (Lipinski definition) is 0. The van der Waals surface area contributed by atoms with Crippen molar-refractivity contribution in [2.24, 2.45) is 0 Å². The Kier molecular flexibility index (Phi) is 5.10. The van der Waals surface area contributed by atoms with Crippen LogP contribution in [0, 0.1) is 0 Å². The van der Waals surface area contributed by atoms with Gasteiger partial charge in [-0.05, 0) is 40.6 Å². The van der Waals surface area contributed by atoms with Crippen LogP contribution in [-0.4, -0.2) is 5.29 Å². The summed E-state index contributed by atoms with van der Waals surface area (Å²) in [5.74, 6) is 0. The average molecular weight is 366 g/mol. The first-order valence-corrected chi connectivity index (χ1v) is 11.1. The molecule has 4 aromatic carbocycles. The third-order valence-electron chi connectivity index (χ3n) is 5.13. The highest BCUT2D eigenvalue weighted by Crippen LogP contribution is 2.47. The fourth-order valence-corrected chi connectivity index (χ4v) is 8.31. The van der Waals surface area contributed by atoms with Gasteiger partial charge in [0.15, 0.2) is 0 Å². The molecule has 0 amide bonds. The molecule has 0 aliphatic carbocycles. The third-order valence-corrected chi connectivity index (χ3v) is 9.61. The molecular weight excluding hydrogens is 343 g/mol. The van der Waals surface area contributed by atoms with Crippen molar-refractivity contribution in [2.45, 2.75) is 6.92 Å². The molecule has 0 spiro atoms. The summed E-state index contributed by atoms with van der Waals surface area (Å²) in [6.07, 6.45) is 0. The summed E-state index contributed by atoms with van der Waals surface area (Å²) in [7, 11) is 0. The van der Waals surface area contributed by atoms with Crippen molar-refractivity contribution in [3.8, 4) is 0 Å². The molecule has 4 rings (SSSR count). The van der Waals surface area contributed by atoms with Gasteiger partial charge in [0.25, 0.3) is 0 Å². The van der Waals surface area contributed by atoms with Crippen molar-refractivity contribution in [1.82, 2.24) is 0 Å². The molecule has 0 fully saturated rings. The summed E-state index contributed by atoms with van der Waals surface area (Å²) in [6, 6.07) is 43.9. The van der Waals surface area contributed by atoms with Crippen LogP contribution in [0.3, 0.4) is 0 Å². The lowest BCUT2D eigenvalue weighted by molar-refractivity contribution is 1.65. The van der Waals surface area contributed by atoms with Crippen molar-refractivity contribution in [2.75, 3.05) is 0 Å². The van der Waals surface area contributed by atoms with Gasteiger partial charge in [-0.3, -0.25) is 0 Å². The lowest BCUT2D eigenvalue weighted by Crippen LogP contribution is -2.29. The molecule has 1 heteroatoms. The Labute approximate surface area is 162 Å². The molecule has 0 aliphatic rings. The largest absolute Gasteiger partial charge is 0.0622 e. The lowest BCUT2D eigenvalue weighted by atomic mass is 10.2. The quantitative estimate of drug-likeness (QED) is 0.434. The molecule has 0 atom stereocenters. The highest BCUT2D eigenvalue weighted by Gasteiger charge is 2.28. The van der Waals surface area contributed by atoms with Gasteiger partial charge in [0, 0.05) is 0 Å². The molecule has 0 aromatic heterocycles. The smallest absolute Gasteiger partial charge is 0.0158 e. The highest BCUT2D eigenvalue weighted by atomic mass is 31.2. The van der Waals surface area contributed by atoms with E-state index in [4.69, 9.17) is 0 Å². The first-order valence-electron chi connectivity index (χ1n) is 9.29. The van der Waals surface area contributed by atoms with E-state index in [1.54, 1.807) is 0 Å². The van der Waals surface area contributed by atoms with E-state index in [-0.39, 0.29) is 0 Å². The second kappa shape index (κ2) is 7.82. The zero-order valence-corrected chi connectivity index (χ0v) is 16.4. The van der Waals surface area contributed by atoms with Gasteiger partial charge in [0.1, 0.15) is 0 Å². The van der Waals surface area contributed by atoms with Crippen molar-refractivity contribution in [3.63, 3.8) is 0 Å². The van der Waals surface area contributed by atoms with Crippen molar-refractivity contribution in [1.29, 1.82) is 0 Å². The van der Waals surface area contributed by atoms with Crippen molar-refractivity contribution in [3.05, 3.63) is 127 Å². The summed E-state index contributed by atoms with van der Waals surface area (Å²) in [5, 5.41) is 5.61. The molecule has 0 nitrogen and oxygen atoms in total. The summed E-state index contributed by atoms with van der Waals surface area (Å²) >= 11 is 0. The Morgan fingerprint density at radius 2 is 0.741 bits per heavy atom. The van der Waals surface area contributed by atoms with Crippen LogP contribution < -0.4 is 15.9 Å². The van der Waals surface area contributed by atoms with E-state index >= 15 is 0 Å². The molecule has 0 heterocycles. The molecule has 132 valence electrons. The van der Waals surface area contributed by atoms with Crippen LogP contribution in [0.2, 0.25) is 0 Å². The standard InChI is InChI=1S/C26H23P/c1-22(23-14-6-2-7-15-23)27(24-16-8-3-9-17-24,25-18-10-4-11-19-25)26-20-12-5-13-21-26/h2-21H,1H3. The van der Waals surface area contributed by atoms with Crippen LogP contribution >= 0.6 is 6.89 Å². The van der Waals surface area contributed by atoms with Crippen LogP contribution in [0.1, 0.15) is 12.5 Å². The van der Waals surface area contributed by atoms with Crippen molar-refractivity contribution >= 4 is 28.1 Å². The second-order valence-corrected chi connectivity index (χ2v) is 10.2. The van der Waals surface area contributed by atoms with Crippen LogP contribution in [0.4, 0.5) is 0 Å². The third kappa shape index (κ3) is 3.18. The molecule has 0 aliphatic heterocycles. The lowest BCUT2D eigenvalue weighted by Gasteiger charge is -2.32.